The van der Waals surface area contributed by atoms with E-state index < -0.39 is 10.0 Å². The van der Waals surface area contributed by atoms with Gasteiger partial charge in [0, 0.05) is 19.5 Å². The molecule has 0 aliphatic carbocycles. The van der Waals surface area contributed by atoms with Gasteiger partial charge in [-0.15, -0.1) is 0 Å². The minimum absolute atomic E-state index is 0.0843. The summed E-state index contributed by atoms with van der Waals surface area (Å²) in [6.45, 7) is 4.75. The van der Waals surface area contributed by atoms with E-state index in [0.29, 0.717) is 25.4 Å². The van der Waals surface area contributed by atoms with Crippen LogP contribution in [0.15, 0.2) is 0 Å². The van der Waals surface area contributed by atoms with Crippen molar-refractivity contribution in [2.45, 2.75) is 26.7 Å². The van der Waals surface area contributed by atoms with E-state index in [1.54, 1.807) is 6.92 Å². The van der Waals surface area contributed by atoms with Crippen LogP contribution >= 0.6 is 0 Å². The standard InChI is InChI=1S/C10H23N3O3S/c1-3-13-17(15,16)7-6-12-10(14)5-4-9(2)8-11/h9,13H,3-8,11H2,1-2H3,(H,12,14). The predicted molar refractivity (Wildman–Crippen MR) is 67.9 cm³/mol. The zero-order valence-corrected chi connectivity index (χ0v) is 11.3. The lowest BCUT2D eigenvalue weighted by Crippen LogP contribution is -2.34. The van der Waals surface area contributed by atoms with Gasteiger partial charge in [-0.25, -0.2) is 13.1 Å². The van der Waals surface area contributed by atoms with Crippen LogP contribution in [0.3, 0.4) is 0 Å². The summed E-state index contributed by atoms with van der Waals surface area (Å²) < 4.78 is 24.9. The van der Waals surface area contributed by atoms with Crippen LogP contribution in [0.1, 0.15) is 26.7 Å². The highest BCUT2D eigenvalue weighted by Crippen LogP contribution is 2.02. The summed E-state index contributed by atoms with van der Waals surface area (Å²) in [5.74, 6) is 0.0993. The van der Waals surface area contributed by atoms with E-state index >= 15 is 0 Å². The summed E-state index contributed by atoms with van der Waals surface area (Å²) in [6, 6.07) is 0. The number of carbonyl (C=O) groups excluding carboxylic acids is 1. The number of amides is 1. The number of rotatable bonds is 9. The molecule has 0 heterocycles. The first-order chi connectivity index (χ1) is 7.91. The van der Waals surface area contributed by atoms with Crippen LogP contribution in [0, 0.1) is 5.92 Å². The van der Waals surface area contributed by atoms with Crippen LogP contribution in [-0.2, 0) is 14.8 Å². The second-order valence-electron chi connectivity index (χ2n) is 4.05. The molecule has 0 aromatic rings. The first-order valence-electron chi connectivity index (χ1n) is 5.85. The van der Waals surface area contributed by atoms with Crippen LogP contribution in [0.4, 0.5) is 0 Å². The molecular weight excluding hydrogens is 242 g/mol. The van der Waals surface area contributed by atoms with E-state index in [1.807, 2.05) is 6.92 Å². The number of nitrogens with two attached hydrogens (primary N) is 1. The van der Waals surface area contributed by atoms with E-state index in [1.165, 1.54) is 0 Å². The molecule has 0 rings (SSSR count). The highest BCUT2D eigenvalue weighted by atomic mass is 32.2. The van der Waals surface area contributed by atoms with Crippen LogP contribution in [0.5, 0.6) is 0 Å². The number of carbonyl (C=O) groups is 1. The topological polar surface area (TPSA) is 101 Å². The number of hydrogen-bond acceptors (Lipinski definition) is 4. The fourth-order valence-electron chi connectivity index (χ4n) is 1.20. The Balaban J connectivity index is 3.71. The summed E-state index contributed by atoms with van der Waals surface area (Å²) >= 11 is 0. The van der Waals surface area contributed by atoms with Crippen molar-refractivity contribution in [3.05, 3.63) is 0 Å². The molecule has 0 fully saturated rings. The third kappa shape index (κ3) is 9.08. The molecule has 6 nitrogen and oxygen atoms in total. The summed E-state index contributed by atoms with van der Waals surface area (Å²) in [5, 5.41) is 2.58. The maximum Gasteiger partial charge on any atom is 0.220 e. The van der Waals surface area contributed by atoms with Crippen molar-refractivity contribution in [3.63, 3.8) is 0 Å². The SMILES string of the molecule is CCNS(=O)(=O)CCNC(=O)CCC(C)CN. The van der Waals surface area contributed by atoms with Crippen molar-refractivity contribution >= 4 is 15.9 Å². The van der Waals surface area contributed by atoms with Crippen molar-refractivity contribution < 1.29 is 13.2 Å². The monoisotopic (exact) mass is 265 g/mol. The normalized spacial score (nSPS) is 13.4. The molecule has 1 atom stereocenters. The third-order valence-corrected chi connectivity index (χ3v) is 3.79. The molecule has 7 heteroatoms. The Morgan fingerprint density at radius 1 is 1.41 bits per heavy atom. The summed E-state index contributed by atoms with van der Waals surface area (Å²) in [5.41, 5.74) is 5.43. The molecular formula is C10H23N3O3S. The van der Waals surface area contributed by atoms with E-state index in [4.69, 9.17) is 5.73 Å². The number of hydrogen-bond donors (Lipinski definition) is 3. The molecule has 4 N–H and O–H groups in total. The fourth-order valence-corrected chi connectivity index (χ4v) is 2.16. The van der Waals surface area contributed by atoms with Gasteiger partial charge in [0.25, 0.3) is 0 Å². The van der Waals surface area contributed by atoms with Gasteiger partial charge in [-0.2, -0.15) is 0 Å². The first-order valence-corrected chi connectivity index (χ1v) is 7.50. The molecule has 0 aromatic carbocycles. The van der Waals surface area contributed by atoms with Gasteiger partial charge in [0.1, 0.15) is 0 Å². The number of sulfonamides is 1. The van der Waals surface area contributed by atoms with E-state index in [2.05, 4.69) is 10.0 Å². The van der Waals surface area contributed by atoms with Gasteiger partial charge in [0.05, 0.1) is 5.75 Å². The van der Waals surface area contributed by atoms with Crippen molar-refractivity contribution in [3.8, 4) is 0 Å². The predicted octanol–water partition coefficient (Wildman–Crippen LogP) is -0.583. The maximum absolute atomic E-state index is 11.3. The average Bonchev–Trinajstić information content (AvgIpc) is 2.25. The number of nitrogens with one attached hydrogen (secondary N) is 2. The molecule has 0 aromatic heterocycles. The van der Waals surface area contributed by atoms with E-state index in [0.717, 1.165) is 6.42 Å². The van der Waals surface area contributed by atoms with Crippen LogP contribution in [0.25, 0.3) is 0 Å². The van der Waals surface area contributed by atoms with Gasteiger partial charge in [-0.3, -0.25) is 4.79 Å². The van der Waals surface area contributed by atoms with Gasteiger partial charge in [0.2, 0.25) is 15.9 Å². The Labute approximate surface area is 103 Å². The maximum atomic E-state index is 11.3. The Bertz CT molecular complexity index is 317. The van der Waals surface area contributed by atoms with E-state index in [-0.39, 0.29) is 18.2 Å². The third-order valence-electron chi connectivity index (χ3n) is 2.32. The quantitative estimate of drug-likeness (QED) is 0.519. The zero-order valence-electron chi connectivity index (χ0n) is 10.5. The molecule has 102 valence electrons. The Hall–Kier alpha value is -0.660. The molecule has 17 heavy (non-hydrogen) atoms. The first kappa shape index (κ1) is 16.3. The zero-order chi connectivity index (χ0) is 13.3. The summed E-state index contributed by atoms with van der Waals surface area (Å²) in [7, 11) is -3.25. The lowest BCUT2D eigenvalue weighted by molar-refractivity contribution is -0.121. The van der Waals surface area contributed by atoms with Gasteiger partial charge >= 0.3 is 0 Å². The van der Waals surface area contributed by atoms with Gasteiger partial charge in [0.15, 0.2) is 0 Å². The van der Waals surface area contributed by atoms with E-state index in [9.17, 15) is 13.2 Å². The molecule has 1 unspecified atom stereocenters. The van der Waals surface area contributed by atoms with Crippen LogP contribution in [0.2, 0.25) is 0 Å². The van der Waals surface area contributed by atoms with Crippen LogP contribution in [-0.4, -0.2) is 39.7 Å². The smallest absolute Gasteiger partial charge is 0.220 e. The second kappa shape index (κ2) is 8.43. The molecule has 0 radical (unpaired) electrons. The molecule has 0 aliphatic rings. The Kier molecular flexibility index (Phi) is 8.11. The molecule has 0 spiro atoms. The van der Waals surface area contributed by atoms with Gasteiger partial charge in [-0.1, -0.05) is 13.8 Å². The van der Waals surface area contributed by atoms with Crippen molar-refractivity contribution in [2.75, 3.05) is 25.4 Å². The second-order valence-corrected chi connectivity index (χ2v) is 5.97. The van der Waals surface area contributed by atoms with Crippen molar-refractivity contribution in [1.82, 2.24) is 10.0 Å². The molecule has 0 saturated carbocycles. The highest BCUT2D eigenvalue weighted by Gasteiger charge is 2.09. The van der Waals surface area contributed by atoms with Crippen molar-refractivity contribution in [1.29, 1.82) is 0 Å². The largest absolute Gasteiger partial charge is 0.355 e. The molecule has 1 amide bonds. The fraction of sp³-hybridized carbons (Fsp3) is 0.900. The Morgan fingerprint density at radius 3 is 2.59 bits per heavy atom. The highest BCUT2D eigenvalue weighted by molar-refractivity contribution is 7.89. The van der Waals surface area contributed by atoms with Crippen molar-refractivity contribution in [2.24, 2.45) is 11.7 Å². The lowest BCUT2D eigenvalue weighted by Gasteiger charge is -2.09. The lowest BCUT2D eigenvalue weighted by atomic mass is 10.1. The molecule has 0 bridgehead atoms. The summed E-state index contributed by atoms with van der Waals surface area (Å²) in [6.07, 6.45) is 1.11. The summed E-state index contributed by atoms with van der Waals surface area (Å²) in [4.78, 5) is 11.3. The average molecular weight is 265 g/mol. The van der Waals surface area contributed by atoms with Gasteiger partial charge < -0.3 is 11.1 Å². The van der Waals surface area contributed by atoms with Crippen LogP contribution < -0.4 is 15.8 Å². The molecule has 0 saturated heterocycles. The molecule has 0 aliphatic heterocycles. The minimum atomic E-state index is -3.25. The van der Waals surface area contributed by atoms with Gasteiger partial charge in [-0.05, 0) is 18.9 Å². The Morgan fingerprint density at radius 2 is 2.06 bits per heavy atom. The minimum Gasteiger partial charge on any atom is -0.355 e.